The number of hydrogen-bond donors (Lipinski definition) is 1. The first kappa shape index (κ1) is 20.6. The van der Waals surface area contributed by atoms with Gasteiger partial charge in [0.2, 0.25) is 15.9 Å². The molecule has 8 heteroatoms. The summed E-state index contributed by atoms with van der Waals surface area (Å²) in [5, 5.41) is 4.67. The third-order valence-corrected chi connectivity index (χ3v) is 7.14. The van der Waals surface area contributed by atoms with Crippen LogP contribution in [0.4, 0.5) is 5.69 Å². The molecule has 1 N–H and O–H groups in total. The standard InChI is InChI=1S/C20H24N2O4S2/c1-2-26-19-10-9-17(28(24,25)22-12-4-3-5-13-22)15-18(19)21-20(23)11-8-16-7-6-14-27-16/h6-11,14-15H,2-5,12-13H2,1H3,(H,21,23)/b11-8+. The molecule has 2 aromatic rings. The first-order valence-electron chi connectivity index (χ1n) is 9.30. The van der Waals surface area contributed by atoms with E-state index in [1.165, 1.54) is 33.9 Å². The predicted molar refractivity (Wildman–Crippen MR) is 112 cm³/mol. The number of piperidine rings is 1. The first-order valence-corrected chi connectivity index (χ1v) is 11.6. The fourth-order valence-corrected chi connectivity index (χ4v) is 5.18. The molecule has 1 fully saturated rings. The molecule has 0 spiro atoms. The van der Waals surface area contributed by atoms with Gasteiger partial charge in [-0.2, -0.15) is 4.31 Å². The number of hydrogen-bond acceptors (Lipinski definition) is 5. The van der Waals surface area contributed by atoms with Gasteiger partial charge in [0, 0.05) is 24.0 Å². The number of anilines is 1. The predicted octanol–water partition coefficient (Wildman–Crippen LogP) is 3.97. The molecule has 0 aliphatic carbocycles. The highest BCUT2D eigenvalue weighted by molar-refractivity contribution is 7.89. The van der Waals surface area contributed by atoms with E-state index in [-0.39, 0.29) is 10.8 Å². The van der Waals surface area contributed by atoms with Gasteiger partial charge < -0.3 is 10.1 Å². The Kier molecular flexibility index (Phi) is 6.88. The second-order valence-electron chi connectivity index (χ2n) is 6.39. The largest absolute Gasteiger partial charge is 0.492 e. The minimum absolute atomic E-state index is 0.162. The summed E-state index contributed by atoms with van der Waals surface area (Å²) in [5.74, 6) is 0.0971. The Morgan fingerprint density at radius 3 is 2.71 bits per heavy atom. The van der Waals surface area contributed by atoms with Crippen LogP contribution < -0.4 is 10.1 Å². The van der Waals surface area contributed by atoms with Crippen LogP contribution >= 0.6 is 11.3 Å². The Hall–Kier alpha value is -2.16. The molecule has 150 valence electrons. The number of nitrogens with zero attached hydrogens (tertiary/aromatic N) is 1. The molecule has 1 aliphatic heterocycles. The van der Waals surface area contributed by atoms with Crippen LogP contribution in [0.2, 0.25) is 0 Å². The van der Waals surface area contributed by atoms with Gasteiger partial charge in [0.05, 0.1) is 17.2 Å². The van der Waals surface area contributed by atoms with Gasteiger partial charge in [-0.15, -0.1) is 11.3 Å². The van der Waals surface area contributed by atoms with E-state index in [2.05, 4.69) is 5.32 Å². The molecule has 0 bridgehead atoms. The smallest absolute Gasteiger partial charge is 0.248 e. The zero-order valence-corrected chi connectivity index (χ0v) is 17.4. The van der Waals surface area contributed by atoms with Crippen LogP contribution in [0.3, 0.4) is 0 Å². The number of nitrogens with one attached hydrogen (secondary N) is 1. The molecule has 1 saturated heterocycles. The third kappa shape index (κ3) is 5.01. The van der Waals surface area contributed by atoms with Crippen molar-refractivity contribution in [3.05, 3.63) is 46.7 Å². The second kappa shape index (κ2) is 9.36. The molecular formula is C20H24N2O4S2. The minimum Gasteiger partial charge on any atom is -0.492 e. The number of carbonyl (C=O) groups is 1. The molecule has 1 aliphatic rings. The zero-order chi connectivity index (χ0) is 20.0. The average Bonchev–Trinajstić information content (AvgIpc) is 3.22. The lowest BCUT2D eigenvalue weighted by atomic mass is 10.2. The number of thiophene rings is 1. The van der Waals surface area contributed by atoms with Crippen LogP contribution in [0.1, 0.15) is 31.1 Å². The molecule has 6 nitrogen and oxygen atoms in total. The van der Waals surface area contributed by atoms with E-state index in [0.717, 1.165) is 24.1 Å². The average molecular weight is 421 g/mol. The Morgan fingerprint density at radius 1 is 1.25 bits per heavy atom. The number of rotatable bonds is 7. The SMILES string of the molecule is CCOc1ccc(S(=O)(=O)N2CCCCC2)cc1NC(=O)/C=C/c1cccs1. The van der Waals surface area contributed by atoms with E-state index in [1.54, 1.807) is 12.1 Å². The van der Waals surface area contributed by atoms with Gasteiger partial charge in [-0.25, -0.2) is 8.42 Å². The van der Waals surface area contributed by atoms with Crippen molar-refractivity contribution in [1.29, 1.82) is 0 Å². The molecule has 0 unspecified atom stereocenters. The number of ether oxygens (including phenoxy) is 1. The van der Waals surface area contributed by atoms with Gasteiger partial charge in [-0.3, -0.25) is 4.79 Å². The fraction of sp³-hybridized carbons (Fsp3) is 0.350. The number of carbonyl (C=O) groups excluding carboxylic acids is 1. The van der Waals surface area contributed by atoms with Gasteiger partial charge in [0.1, 0.15) is 5.75 Å². The maximum atomic E-state index is 12.9. The highest BCUT2D eigenvalue weighted by Crippen LogP contribution is 2.30. The summed E-state index contributed by atoms with van der Waals surface area (Å²) in [6.07, 6.45) is 5.93. The van der Waals surface area contributed by atoms with Crippen molar-refractivity contribution in [3.63, 3.8) is 0 Å². The summed E-state index contributed by atoms with van der Waals surface area (Å²) in [6.45, 7) is 3.30. The van der Waals surface area contributed by atoms with Gasteiger partial charge in [0.25, 0.3) is 0 Å². The van der Waals surface area contributed by atoms with E-state index in [4.69, 9.17) is 4.74 Å². The monoisotopic (exact) mass is 420 g/mol. The van der Waals surface area contributed by atoms with Crippen molar-refractivity contribution in [2.45, 2.75) is 31.1 Å². The molecule has 1 aromatic heterocycles. The molecular weight excluding hydrogens is 396 g/mol. The fourth-order valence-electron chi connectivity index (χ4n) is 3.02. The lowest BCUT2D eigenvalue weighted by Gasteiger charge is -2.26. The van der Waals surface area contributed by atoms with Crippen molar-refractivity contribution in [2.75, 3.05) is 25.0 Å². The quantitative estimate of drug-likeness (QED) is 0.688. The first-order chi connectivity index (χ1) is 13.5. The van der Waals surface area contributed by atoms with E-state index in [0.29, 0.717) is 31.1 Å². The summed E-state index contributed by atoms with van der Waals surface area (Å²) in [5.41, 5.74) is 0.348. The summed E-state index contributed by atoms with van der Waals surface area (Å²) in [7, 11) is -3.59. The molecule has 0 saturated carbocycles. The second-order valence-corrected chi connectivity index (χ2v) is 9.31. The normalized spacial score (nSPS) is 15.6. The molecule has 0 radical (unpaired) electrons. The maximum Gasteiger partial charge on any atom is 0.248 e. The van der Waals surface area contributed by atoms with Gasteiger partial charge in [0.15, 0.2) is 0 Å². The topological polar surface area (TPSA) is 75.7 Å². The van der Waals surface area contributed by atoms with Crippen molar-refractivity contribution in [2.24, 2.45) is 0 Å². The molecule has 0 atom stereocenters. The number of benzene rings is 1. The van der Waals surface area contributed by atoms with E-state index in [1.807, 2.05) is 24.4 Å². The highest BCUT2D eigenvalue weighted by Gasteiger charge is 2.26. The Bertz CT molecular complexity index is 931. The minimum atomic E-state index is -3.59. The summed E-state index contributed by atoms with van der Waals surface area (Å²) in [4.78, 5) is 13.4. The van der Waals surface area contributed by atoms with Crippen molar-refractivity contribution in [1.82, 2.24) is 4.31 Å². The van der Waals surface area contributed by atoms with Crippen LogP contribution in [-0.2, 0) is 14.8 Å². The van der Waals surface area contributed by atoms with E-state index < -0.39 is 10.0 Å². The van der Waals surface area contributed by atoms with E-state index >= 15 is 0 Å². The maximum absolute atomic E-state index is 12.9. The van der Waals surface area contributed by atoms with Crippen LogP contribution in [0.5, 0.6) is 5.75 Å². The van der Waals surface area contributed by atoms with Crippen LogP contribution in [0.25, 0.3) is 6.08 Å². The van der Waals surface area contributed by atoms with E-state index in [9.17, 15) is 13.2 Å². The van der Waals surface area contributed by atoms with Crippen LogP contribution in [0, 0.1) is 0 Å². The Balaban J connectivity index is 1.83. The molecule has 2 heterocycles. The van der Waals surface area contributed by atoms with Crippen LogP contribution in [-0.4, -0.2) is 38.3 Å². The van der Waals surface area contributed by atoms with Gasteiger partial charge in [-0.1, -0.05) is 12.5 Å². The molecule has 1 aromatic carbocycles. The summed E-state index contributed by atoms with van der Waals surface area (Å²) >= 11 is 1.53. The van der Waals surface area contributed by atoms with Crippen molar-refractivity contribution >= 4 is 39.0 Å². The van der Waals surface area contributed by atoms with Gasteiger partial charge in [-0.05, 0) is 55.5 Å². The lowest BCUT2D eigenvalue weighted by Crippen LogP contribution is -2.35. The zero-order valence-electron chi connectivity index (χ0n) is 15.8. The van der Waals surface area contributed by atoms with Gasteiger partial charge >= 0.3 is 0 Å². The lowest BCUT2D eigenvalue weighted by molar-refractivity contribution is -0.111. The Labute approximate surface area is 169 Å². The Morgan fingerprint density at radius 2 is 2.04 bits per heavy atom. The third-order valence-electron chi connectivity index (χ3n) is 4.40. The summed E-state index contributed by atoms with van der Waals surface area (Å²) in [6, 6.07) is 8.42. The van der Waals surface area contributed by atoms with Crippen molar-refractivity contribution < 1.29 is 17.9 Å². The molecule has 1 amide bonds. The van der Waals surface area contributed by atoms with Crippen LogP contribution in [0.15, 0.2) is 46.7 Å². The van der Waals surface area contributed by atoms with Crippen molar-refractivity contribution in [3.8, 4) is 5.75 Å². The summed E-state index contributed by atoms with van der Waals surface area (Å²) < 4.78 is 32.9. The highest BCUT2D eigenvalue weighted by atomic mass is 32.2. The molecule has 3 rings (SSSR count). The number of sulfonamides is 1. The molecule has 28 heavy (non-hydrogen) atoms. The number of amides is 1.